The van der Waals surface area contributed by atoms with Gasteiger partial charge in [-0.3, -0.25) is 9.69 Å². The monoisotopic (exact) mass is 398 g/mol. The van der Waals surface area contributed by atoms with Crippen LogP contribution in [-0.2, 0) is 17.8 Å². The van der Waals surface area contributed by atoms with Gasteiger partial charge in [0.15, 0.2) is 11.5 Å². The first kappa shape index (κ1) is 18.8. The molecule has 146 valence electrons. The average Bonchev–Trinajstić information content (AvgIpc) is 3.09. The molecule has 1 atom stereocenters. The molecule has 4 rings (SSSR count). The van der Waals surface area contributed by atoms with E-state index in [0.29, 0.717) is 23.0 Å². The maximum atomic E-state index is 12.2. The summed E-state index contributed by atoms with van der Waals surface area (Å²) in [6.45, 7) is 2.84. The van der Waals surface area contributed by atoms with Gasteiger partial charge in [-0.05, 0) is 49.5 Å². The van der Waals surface area contributed by atoms with Crippen LogP contribution in [0, 0.1) is 11.8 Å². The number of nitrogens with zero attached hydrogens (tertiary/aromatic N) is 5. The molecule has 3 heterocycles. The first-order chi connectivity index (χ1) is 13.6. The second kappa shape index (κ2) is 8.24. The third-order valence-electron chi connectivity index (χ3n) is 5.51. The van der Waals surface area contributed by atoms with E-state index in [4.69, 9.17) is 17.3 Å². The molecule has 1 unspecified atom stereocenters. The van der Waals surface area contributed by atoms with Gasteiger partial charge in [0, 0.05) is 18.9 Å². The van der Waals surface area contributed by atoms with Gasteiger partial charge in [-0.1, -0.05) is 41.9 Å². The highest BCUT2D eigenvalue weighted by Crippen LogP contribution is 2.28. The van der Waals surface area contributed by atoms with Crippen molar-refractivity contribution in [1.82, 2.24) is 24.7 Å². The van der Waals surface area contributed by atoms with Crippen LogP contribution in [0.4, 0.5) is 0 Å². The Morgan fingerprint density at radius 2 is 1.89 bits per heavy atom. The number of halogens is 1. The van der Waals surface area contributed by atoms with Crippen molar-refractivity contribution in [2.75, 3.05) is 13.1 Å². The minimum Gasteiger partial charge on any atom is -0.369 e. The van der Waals surface area contributed by atoms with Crippen molar-refractivity contribution in [2.24, 2.45) is 17.6 Å². The van der Waals surface area contributed by atoms with Gasteiger partial charge in [0.2, 0.25) is 5.91 Å². The summed E-state index contributed by atoms with van der Waals surface area (Å²) in [5.41, 5.74) is 7.68. The van der Waals surface area contributed by atoms with Crippen molar-refractivity contribution in [3.8, 4) is 0 Å². The minimum atomic E-state index is -0.291. The number of amides is 1. The van der Waals surface area contributed by atoms with Crippen molar-refractivity contribution in [1.29, 1.82) is 0 Å². The second-order valence-electron chi connectivity index (χ2n) is 7.35. The van der Waals surface area contributed by atoms with Gasteiger partial charge in [-0.15, -0.1) is 10.2 Å². The van der Waals surface area contributed by atoms with Crippen LogP contribution < -0.4 is 5.73 Å². The maximum absolute atomic E-state index is 12.2. The number of benzene rings is 1. The first-order valence-electron chi connectivity index (χ1n) is 9.52. The van der Waals surface area contributed by atoms with E-state index in [1.165, 1.54) is 5.56 Å². The fourth-order valence-electron chi connectivity index (χ4n) is 3.99. The van der Waals surface area contributed by atoms with E-state index < -0.39 is 0 Å². The number of aromatic nitrogens is 4. The first-order valence-corrected chi connectivity index (χ1v) is 9.90. The van der Waals surface area contributed by atoms with Gasteiger partial charge in [0.05, 0.1) is 0 Å². The predicted octanol–water partition coefficient (Wildman–Crippen LogP) is 2.33. The zero-order valence-corrected chi connectivity index (χ0v) is 16.3. The summed E-state index contributed by atoms with van der Waals surface area (Å²) < 4.78 is 1.60. The molecule has 0 saturated carbocycles. The van der Waals surface area contributed by atoms with Crippen LogP contribution in [-0.4, -0.2) is 43.7 Å². The third kappa shape index (κ3) is 4.15. The van der Waals surface area contributed by atoms with Crippen molar-refractivity contribution in [2.45, 2.75) is 25.8 Å². The normalized spacial score (nSPS) is 17.0. The van der Waals surface area contributed by atoms with E-state index in [2.05, 4.69) is 44.5 Å². The highest BCUT2D eigenvalue weighted by molar-refractivity contribution is 6.29. The van der Waals surface area contributed by atoms with Crippen molar-refractivity contribution in [3.05, 3.63) is 59.0 Å². The highest BCUT2D eigenvalue weighted by Gasteiger charge is 2.31. The topological polar surface area (TPSA) is 89.4 Å². The van der Waals surface area contributed by atoms with Crippen LogP contribution in [0.5, 0.6) is 0 Å². The molecule has 1 saturated heterocycles. The molecule has 0 spiro atoms. The Kier molecular flexibility index (Phi) is 5.54. The fourth-order valence-corrected chi connectivity index (χ4v) is 4.13. The molecule has 0 radical (unpaired) electrons. The number of hydrogen-bond acceptors (Lipinski definition) is 5. The number of hydrogen-bond donors (Lipinski definition) is 1. The van der Waals surface area contributed by atoms with Crippen molar-refractivity contribution in [3.63, 3.8) is 0 Å². The molecule has 1 aliphatic heterocycles. The minimum absolute atomic E-state index is 0.232. The smallest absolute Gasteiger partial charge is 0.221 e. The summed E-state index contributed by atoms with van der Waals surface area (Å²) in [6.07, 6.45) is 2.30. The van der Waals surface area contributed by atoms with Crippen molar-refractivity contribution >= 4 is 23.2 Å². The van der Waals surface area contributed by atoms with E-state index in [1.54, 1.807) is 16.6 Å². The predicted molar refractivity (Wildman–Crippen MR) is 107 cm³/mol. The Morgan fingerprint density at radius 3 is 2.61 bits per heavy atom. The zero-order chi connectivity index (χ0) is 19.5. The van der Waals surface area contributed by atoms with E-state index in [9.17, 15) is 4.79 Å². The van der Waals surface area contributed by atoms with Crippen molar-refractivity contribution < 1.29 is 4.79 Å². The molecule has 1 amide bonds. The van der Waals surface area contributed by atoms with Crippen LogP contribution in [0.3, 0.4) is 0 Å². The molecular formula is C20H23ClN6O. The lowest BCUT2D eigenvalue weighted by atomic mass is 9.81. The average molecular weight is 399 g/mol. The number of likely N-dealkylation sites (tertiary alicyclic amines) is 1. The fraction of sp³-hybridized carbons (Fsp3) is 0.400. The molecule has 1 aromatic carbocycles. The van der Waals surface area contributed by atoms with Crippen LogP contribution in [0.1, 0.15) is 24.2 Å². The summed E-state index contributed by atoms with van der Waals surface area (Å²) >= 11 is 5.99. The molecule has 8 heteroatoms. The van der Waals surface area contributed by atoms with E-state index in [-0.39, 0.29) is 17.7 Å². The lowest BCUT2D eigenvalue weighted by Gasteiger charge is -2.34. The summed E-state index contributed by atoms with van der Waals surface area (Å²) in [5.74, 6) is 0.274. The van der Waals surface area contributed by atoms with Crippen LogP contribution >= 0.6 is 11.6 Å². The molecule has 0 aliphatic carbocycles. The number of rotatable bonds is 6. The lowest BCUT2D eigenvalue weighted by Crippen LogP contribution is -2.40. The van der Waals surface area contributed by atoms with E-state index >= 15 is 0 Å². The number of primary amides is 1. The molecule has 1 aliphatic rings. The van der Waals surface area contributed by atoms with Crippen LogP contribution in [0.25, 0.3) is 5.65 Å². The second-order valence-corrected chi connectivity index (χ2v) is 7.74. The van der Waals surface area contributed by atoms with Gasteiger partial charge in [0.25, 0.3) is 0 Å². The standard InChI is InChI=1S/C20H23ClN6O/c21-17-6-7-18-23-24-19(27(18)25-17)12-16(20(22)28)15-8-10-26(11-9-15)13-14-4-2-1-3-5-14/h1-7,15-16H,8-13H2,(H2,22,28). The molecule has 3 aromatic rings. The number of carbonyl (C=O) groups excluding carboxylic acids is 1. The summed E-state index contributed by atoms with van der Waals surface area (Å²) in [5, 5.41) is 12.9. The highest BCUT2D eigenvalue weighted by atomic mass is 35.5. The molecular weight excluding hydrogens is 376 g/mol. The van der Waals surface area contributed by atoms with Gasteiger partial charge in [-0.2, -0.15) is 9.61 Å². The summed E-state index contributed by atoms with van der Waals surface area (Å²) in [6, 6.07) is 13.9. The third-order valence-corrected chi connectivity index (χ3v) is 5.71. The molecule has 28 heavy (non-hydrogen) atoms. The molecule has 0 bridgehead atoms. The summed E-state index contributed by atoms with van der Waals surface area (Å²) in [4.78, 5) is 14.6. The molecule has 2 N–H and O–H groups in total. The number of fused-ring (bicyclic) bond motifs is 1. The Labute approximate surface area is 168 Å². The Hall–Kier alpha value is -2.51. The molecule has 2 aromatic heterocycles. The largest absolute Gasteiger partial charge is 0.369 e. The Balaban J connectivity index is 1.42. The van der Waals surface area contributed by atoms with Crippen LogP contribution in [0.15, 0.2) is 42.5 Å². The van der Waals surface area contributed by atoms with Crippen LogP contribution in [0.2, 0.25) is 5.15 Å². The van der Waals surface area contributed by atoms with Gasteiger partial charge in [-0.25, -0.2) is 0 Å². The molecule has 1 fully saturated rings. The van der Waals surface area contributed by atoms with Gasteiger partial charge >= 0.3 is 0 Å². The number of carbonyl (C=O) groups is 1. The van der Waals surface area contributed by atoms with E-state index in [1.807, 2.05) is 6.07 Å². The number of piperidine rings is 1. The molecule has 7 nitrogen and oxygen atoms in total. The number of nitrogens with two attached hydrogens (primary N) is 1. The lowest BCUT2D eigenvalue weighted by molar-refractivity contribution is -0.124. The van der Waals surface area contributed by atoms with E-state index in [0.717, 1.165) is 32.5 Å². The Morgan fingerprint density at radius 1 is 1.14 bits per heavy atom. The maximum Gasteiger partial charge on any atom is 0.221 e. The Bertz CT molecular complexity index is 952. The van der Waals surface area contributed by atoms with Gasteiger partial charge in [0.1, 0.15) is 5.15 Å². The zero-order valence-electron chi connectivity index (χ0n) is 15.5. The SMILES string of the molecule is NC(=O)C(Cc1nnc2ccc(Cl)nn12)C1CCN(Cc2ccccc2)CC1. The quantitative estimate of drug-likeness (QED) is 0.688. The summed E-state index contributed by atoms with van der Waals surface area (Å²) in [7, 11) is 0. The van der Waals surface area contributed by atoms with Gasteiger partial charge < -0.3 is 5.73 Å².